The second-order valence-electron chi connectivity index (χ2n) is 3.61. The van der Waals surface area contributed by atoms with E-state index in [1.54, 1.807) is 26.0 Å². The van der Waals surface area contributed by atoms with Crippen molar-refractivity contribution in [3.8, 4) is 0 Å². The van der Waals surface area contributed by atoms with Crippen LogP contribution in [0.4, 0.5) is 10.1 Å². The molecular formula is C11H16ClFN2O. The number of carbonyl (C=O) groups is 1. The van der Waals surface area contributed by atoms with Crippen LogP contribution in [0.1, 0.15) is 12.5 Å². The van der Waals surface area contributed by atoms with E-state index in [0.717, 1.165) is 5.56 Å². The summed E-state index contributed by atoms with van der Waals surface area (Å²) in [6, 6.07) is 4.67. The highest BCUT2D eigenvalue weighted by molar-refractivity contribution is 5.92. The Balaban J connectivity index is 0.00000225. The quantitative estimate of drug-likeness (QED) is 0.858. The SMILES string of the molecule is Cc1ccc(NC(=O)C(C)CN)c(F)c1.Cl. The van der Waals surface area contributed by atoms with Gasteiger partial charge in [0.2, 0.25) is 5.91 Å². The van der Waals surface area contributed by atoms with E-state index in [-0.39, 0.29) is 36.5 Å². The van der Waals surface area contributed by atoms with E-state index in [1.165, 1.54) is 6.07 Å². The van der Waals surface area contributed by atoms with Gasteiger partial charge in [-0.05, 0) is 24.6 Å². The maximum atomic E-state index is 13.3. The topological polar surface area (TPSA) is 55.1 Å². The predicted octanol–water partition coefficient (Wildman–Crippen LogP) is 2.09. The molecule has 1 rings (SSSR count). The molecule has 16 heavy (non-hydrogen) atoms. The summed E-state index contributed by atoms with van der Waals surface area (Å²) >= 11 is 0. The summed E-state index contributed by atoms with van der Waals surface area (Å²) in [5, 5.41) is 2.49. The Morgan fingerprint density at radius 2 is 2.19 bits per heavy atom. The summed E-state index contributed by atoms with van der Waals surface area (Å²) in [4.78, 5) is 11.4. The maximum absolute atomic E-state index is 13.3. The number of hydrogen-bond acceptors (Lipinski definition) is 2. The van der Waals surface area contributed by atoms with Gasteiger partial charge in [-0.1, -0.05) is 13.0 Å². The van der Waals surface area contributed by atoms with Gasteiger partial charge in [-0.25, -0.2) is 4.39 Å². The molecule has 0 radical (unpaired) electrons. The fourth-order valence-electron chi connectivity index (χ4n) is 1.08. The first-order chi connectivity index (χ1) is 7.04. The molecule has 0 fully saturated rings. The van der Waals surface area contributed by atoms with Gasteiger partial charge in [0.1, 0.15) is 5.82 Å². The van der Waals surface area contributed by atoms with E-state index >= 15 is 0 Å². The van der Waals surface area contributed by atoms with Crippen molar-refractivity contribution in [2.24, 2.45) is 11.7 Å². The summed E-state index contributed by atoms with van der Waals surface area (Å²) in [5.41, 5.74) is 6.35. The average molecular weight is 247 g/mol. The van der Waals surface area contributed by atoms with Gasteiger partial charge >= 0.3 is 0 Å². The Labute approximate surface area is 101 Å². The zero-order valence-electron chi connectivity index (χ0n) is 9.29. The first-order valence-electron chi connectivity index (χ1n) is 4.81. The Kier molecular flexibility index (Phi) is 6.00. The number of benzene rings is 1. The fraction of sp³-hybridized carbons (Fsp3) is 0.364. The molecule has 1 amide bonds. The largest absolute Gasteiger partial charge is 0.330 e. The molecule has 0 heterocycles. The number of carbonyl (C=O) groups excluding carboxylic acids is 1. The summed E-state index contributed by atoms with van der Waals surface area (Å²) in [6.45, 7) is 3.73. The molecule has 1 aromatic carbocycles. The molecule has 1 aromatic rings. The molecule has 0 bridgehead atoms. The highest BCUT2D eigenvalue weighted by atomic mass is 35.5. The van der Waals surface area contributed by atoms with Crippen molar-refractivity contribution in [2.75, 3.05) is 11.9 Å². The lowest BCUT2D eigenvalue weighted by atomic mass is 10.1. The smallest absolute Gasteiger partial charge is 0.228 e. The van der Waals surface area contributed by atoms with Crippen molar-refractivity contribution >= 4 is 24.0 Å². The molecular weight excluding hydrogens is 231 g/mol. The molecule has 1 unspecified atom stereocenters. The van der Waals surface area contributed by atoms with Crippen LogP contribution < -0.4 is 11.1 Å². The first kappa shape index (κ1) is 14.9. The van der Waals surface area contributed by atoms with E-state index in [0.29, 0.717) is 0 Å². The third kappa shape index (κ3) is 3.79. The molecule has 0 aliphatic carbocycles. The molecule has 0 aliphatic rings. The van der Waals surface area contributed by atoms with Gasteiger partial charge in [0.25, 0.3) is 0 Å². The lowest BCUT2D eigenvalue weighted by Gasteiger charge is -2.10. The third-order valence-corrected chi connectivity index (χ3v) is 2.18. The molecule has 0 spiro atoms. The number of aryl methyl sites for hydroxylation is 1. The average Bonchev–Trinajstić information content (AvgIpc) is 2.20. The number of hydrogen-bond donors (Lipinski definition) is 2. The standard InChI is InChI=1S/C11H15FN2O.ClH/c1-7-3-4-10(9(12)5-7)14-11(15)8(2)6-13;/h3-5,8H,6,13H2,1-2H3,(H,14,15);1H. The minimum absolute atomic E-state index is 0. The van der Waals surface area contributed by atoms with Crippen molar-refractivity contribution in [1.82, 2.24) is 0 Å². The minimum atomic E-state index is -0.424. The van der Waals surface area contributed by atoms with E-state index in [9.17, 15) is 9.18 Å². The van der Waals surface area contributed by atoms with Crippen LogP contribution >= 0.6 is 12.4 Å². The minimum Gasteiger partial charge on any atom is -0.330 e. The van der Waals surface area contributed by atoms with Crippen LogP contribution in [0, 0.1) is 18.7 Å². The monoisotopic (exact) mass is 246 g/mol. The normalized spacial score (nSPS) is 11.5. The second kappa shape index (κ2) is 6.45. The van der Waals surface area contributed by atoms with Gasteiger partial charge in [0, 0.05) is 12.5 Å². The van der Waals surface area contributed by atoms with Crippen molar-refractivity contribution in [3.63, 3.8) is 0 Å². The lowest BCUT2D eigenvalue weighted by Crippen LogP contribution is -2.27. The van der Waals surface area contributed by atoms with E-state index < -0.39 is 5.82 Å². The Morgan fingerprint density at radius 3 is 2.69 bits per heavy atom. The summed E-state index contributed by atoms with van der Waals surface area (Å²) in [6.07, 6.45) is 0. The van der Waals surface area contributed by atoms with Crippen LogP contribution in [0.5, 0.6) is 0 Å². The van der Waals surface area contributed by atoms with Gasteiger partial charge in [0.05, 0.1) is 5.69 Å². The highest BCUT2D eigenvalue weighted by Crippen LogP contribution is 2.15. The first-order valence-corrected chi connectivity index (χ1v) is 4.81. The van der Waals surface area contributed by atoms with Crippen molar-refractivity contribution < 1.29 is 9.18 Å². The Hall–Kier alpha value is -1.13. The molecule has 5 heteroatoms. The number of nitrogens with one attached hydrogen (secondary N) is 1. The van der Waals surface area contributed by atoms with Gasteiger partial charge in [-0.15, -0.1) is 12.4 Å². The molecule has 3 nitrogen and oxygen atoms in total. The molecule has 0 aliphatic heterocycles. The van der Waals surface area contributed by atoms with Crippen molar-refractivity contribution in [3.05, 3.63) is 29.6 Å². The van der Waals surface area contributed by atoms with Gasteiger partial charge in [0.15, 0.2) is 0 Å². The lowest BCUT2D eigenvalue weighted by molar-refractivity contribution is -0.119. The van der Waals surface area contributed by atoms with Crippen LogP contribution in [0.3, 0.4) is 0 Å². The Bertz CT molecular complexity index is 371. The van der Waals surface area contributed by atoms with Crippen LogP contribution in [-0.2, 0) is 4.79 Å². The third-order valence-electron chi connectivity index (χ3n) is 2.18. The molecule has 3 N–H and O–H groups in total. The molecule has 0 aromatic heterocycles. The van der Waals surface area contributed by atoms with Crippen LogP contribution in [0.25, 0.3) is 0 Å². The van der Waals surface area contributed by atoms with Gasteiger partial charge in [-0.3, -0.25) is 4.79 Å². The number of halogens is 2. The highest BCUT2D eigenvalue weighted by Gasteiger charge is 2.12. The maximum Gasteiger partial charge on any atom is 0.228 e. The second-order valence-corrected chi connectivity index (χ2v) is 3.61. The number of nitrogens with two attached hydrogens (primary N) is 1. The number of rotatable bonds is 3. The summed E-state index contributed by atoms with van der Waals surface area (Å²) < 4.78 is 13.3. The molecule has 0 saturated heterocycles. The zero-order valence-corrected chi connectivity index (χ0v) is 10.1. The van der Waals surface area contributed by atoms with Gasteiger partial charge in [-0.2, -0.15) is 0 Å². The fourth-order valence-corrected chi connectivity index (χ4v) is 1.08. The predicted molar refractivity (Wildman–Crippen MR) is 65.2 cm³/mol. The molecule has 90 valence electrons. The molecule has 1 atom stereocenters. The van der Waals surface area contributed by atoms with Crippen LogP contribution in [-0.4, -0.2) is 12.5 Å². The van der Waals surface area contributed by atoms with E-state index in [2.05, 4.69) is 5.32 Å². The summed E-state index contributed by atoms with van der Waals surface area (Å²) in [5.74, 6) is -1.00. The molecule has 0 saturated carbocycles. The number of anilines is 1. The number of amides is 1. The zero-order chi connectivity index (χ0) is 11.4. The van der Waals surface area contributed by atoms with Crippen molar-refractivity contribution in [1.29, 1.82) is 0 Å². The Morgan fingerprint density at radius 1 is 1.56 bits per heavy atom. The van der Waals surface area contributed by atoms with Gasteiger partial charge < -0.3 is 11.1 Å². The summed E-state index contributed by atoms with van der Waals surface area (Å²) in [7, 11) is 0. The van der Waals surface area contributed by atoms with E-state index in [4.69, 9.17) is 5.73 Å². The van der Waals surface area contributed by atoms with Crippen LogP contribution in [0.2, 0.25) is 0 Å². The van der Waals surface area contributed by atoms with E-state index in [1.807, 2.05) is 0 Å². The van der Waals surface area contributed by atoms with Crippen molar-refractivity contribution in [2.45, 2.75) is 13.8 Å². The van der Waals surface area contributed by atoms with Crippen LogP contribution in [0.15, 0.2) is 18.2 Å².